The van der Waals surface area contributed by atoms with E-state index in [4.69, 9.17) is 4.74 Å². The third-order valence-electron chi connectivity index (χ3n) is 6.58. The van der Waals surface area contributed by atoms with Gasteiger partial charge in [0.1, 0.15) is 5.75 Å². The Morgan fingerprint density at radius 2 is 1.56 bits per heavy atom. The first-order chi connectivity index (χ1) is 15.8. The summed E-state index contributed by atoms with van der Waals surface area (Å²) in [6.07, 6.45) is 16.7. The molecule has 0 amide bonds. The zero-order chi connectivity index (χ0) is 22.4. The number of allylic oxidation sites excluding steroid dienone is 2. The van der Waals surface area contributed by atoms with Gasteiger partial charge < -0.3 is 4.74 Å². The van der Waals surface area contributed by atoms with E-state index in [2.05, 4.69) is 86.4 Å². The number of rotatable bonds is 10. The second-order valence-electron chi connectivity index (χ2n) is 9.17. The first kappa shape index (κ1) is 24.2. The average molecular weight is 429 g/mol. The van der Waals surface area contributed by atoms with Crippen LogP contribution in [-0.4, -0.2) is 6.61 Å². The molecule has 1 nitrogen and oxygen atoms in total. The van der Waals surface area contributed by atoms with Crippen molar-refractivity contribution in [2.45, 2.75) is 84.0 Å². The van der Waals surface area contributed by atoms with Gasteiger partial charge in [0, 0.05) is 5.56 Å². The standard InChI is InChI=1S/C31H40O/c1-3-5-9-25-32-31-23-21-30(22-24-31)29-19-17-28(18-20-29)12-8-7-11-27-15-13-26(14-16-27)10-6-4-2/h8,12-16,21-24,28-29H,3-6,9-10,17-20,25H2,1-2H3/b12-8+. The van der Waals surface area contributed by atoms with Crippen LogP contribution in [0.1, 0.15) is 94.2 Å². The lowest BCUT2D eigenvalue weighted by Gasteiger charge is -2.27. The zero-order valence-electron chi connectivity index (χ0n) is 20.1. The molecule has 0 aromatic heterocycles. The van der Waals surface area contributed by atoms with E-state index < -0.39 is 0 Å². The highest BCUT2D eigenvalue weighted by atomic mass is 16.5. The first-order valence-electron chi connectivity index (χ1n) is 12.8. The minimum absolute atomic E-state index is 0.665. The van der Waals surface area contributed by atoms with Crippen molar-refractivity contribution in [1.82, 2.24) is 0 Å². The molecular formula is C31H40O. The Morgan fingerprint density at radius 3 is 2.25 bits per heavy atom. The van der Waals surface area contributed by atoms with E-state index in [1.165, 1.54) is 68.9 Å². The number of hydrogen-bond acceptors (Lipinski definition) is 1. The van der Waals surface area contributed by atoms with Crippen LogP contribution >= 0.6 is 0 Å². The Kier molecular flexibility index (Phi) is 10.5. The van der Waals surface area contributed by atoms with Crippen molar-refractivity contribution in [3.63, 3.8) is 0 Å². The second kappa shape index (κ2) is 13.8. The van der Waals surface area contributed by atoms with E-state index in [9.17, 15) is 0 Å². The average Bonchev–Trinajstić information content (AvgIpc) is 2.85. The molecule has 0 aliphatic heterocycles. The summed E-state index contributed by atoms with van der Waals surface area (Å²) in [4.78, 5) is 0. The Balaban J connectivity index is 1.40. The first-order valence-corrected chi connectivity index (χ1v) is 12.8. The molecule has 0 N–H and O–H groups in total. The van der Waals surface area contributed by atoms with Gasteiger partial charge in [0.05, 0.1) is 6.61 Å². The van der Waals surface area contributed by atoms with Gasteiger partial charge >= 0.3 is 0 Å². The van der Waals surface area contributed by atoms with Gasteiger partial charge in [-0.3, -0.25) is 0 Å². The van der Waals surface area contributed by atoms with Gasteiger partial charge in [-0.25, -0.2) is 0 Å². The topological polar surface area (TPSA) is 9.23 Å². The monoisotopic (exact) mass is 428 g/mol. The van der Waals surface area contributed by atoms with Crippen molar-refractivity contribution < 1.29 is 4.74 Å². The molecule has 0 unspecified atom stereocenters. The van der Waals surface area contributed by atoms with Crippen LogP contribution in [0.3, 0.4) is 0 Å². The Bertz CT molecular complexity index is 855. The van der Waals surface area contributed by atoms with Crippen molar-refractivity contribution >= 4 is 0 Å². The maximum absolute atomic E-state index is 5.85. The summed E-state index contributed by atoms with van der Waals surface area (Å²) in [5, 5.41) is 0. The lowest BCUT2D eigenvalue weighted by atomic mass is 9.78. The number of ether oxygens (including phenoxy) is 1. The number of aryl methyl sites for hydroxylation is 1. The van der Waals surface area contributed by atoms with Gasteiger partial charge in [0.2, 0.25) is 0 Å². The highest BCUT2D eigenvalue weighted by molar-refractivity contribution is 5.38. The third kappa shape index (κ3) is 8.23. The van der Waals surface area contributed by atoms with Crippen LogP contribution < -0.4 is 4.74 Å². The molecule has 0 heterocycles. The van der Waals surface area contributed by atoms with E-state index in [0.29, 0.717) is 11.8 Å². The molecule has 32 heavy (non-hydrogen) atoms. The molecule has 0 saturated heterocycles. The van der Waals surface area contributed by atoms with Gasteiger partial charge in [0.25, 0.3) is 0 Å². The molecule has 2 aromatic rings. The number of hydrogen-bond donors (Lipinski definition) is 0. The molecule has 1 fully saturated rings. The fourth-order valence-corrected chi connectivity index (χ4v) is 4.47. The maximum Gasteiger partial charge on any atom is 0.119 e. The molecule has 1 heteroatoms. The highest BCUT2D eigenvalue weighted by Gasteiger charge is 2.20. The van der Waals surface area contributed by atoms with Gasteiger partial charge in [-0.2, -0.15) is 0 Å². The Hall–Kier alpha value is -2.46. The molecule has 2 aromatic carbocycles. The van der Waals surface area contributed by atoms with Gasteiger partial charge in [-0.15, -0.1) is 0 Å². The predicted molar refractivity (Wildman–Crippen MR) is 137 cm³/mol. The Morgan fingerprint density at radius 1 is 0.844 bits per heavy atom. The van der Waals surface area contributed by atoms with Gasteiger partial charge in [0.15, 0.2) is 0 Å². The lowest BCUT2D eigenvalue weighted by molar-refractivity contribution is 0.306. The van der Waals surface area contributed by atoms with Gasteiger partial charge in [-0.05, 0) is 98.2 Å². The predicted octanol–water partition coefficient (Wildman–Crippen LogP) is 8.48. The summed E-state index contributed by atoms with van der Waals surface area (Å²) >= 11 is 0. The molecule has 3 rings (SSSR count). The molecule has 1 aliphatic rings. The van der Waals surface area contributed by atoms with Gasteiger partial charge in [-0.1, -0.05) is 75.3 Å². The SMILES string of the molecule is CCCCCOc1ccc(C2CCC(/C=C/C#Cc3ccc(CCCC)cc3)CC2)cc1. The van der Waals surface area contributed by atoms with Crippen LogP contribution in [0.2, 0.25) is 0 Å². The highest BCUT2D eigenvalue weighted by Crippen LogP contribution is 2.36. The molecule has 170 valence electrons. The fourth-order valence-electron chi connectivity index (χ4n) is 4.47. The number of benzene rings is 2. The van der Waals surface area contributed by atoms with Crippen LogP contribution in [0.25, 0.3) is 0 Å². The summed E-state index contributed by atoms with van der Waals surface area (Å²) in [5.41, 5.74) is 3.99. The molecule has 0 atom stereocenters. The van der Waals surface area contributed by atoms with Crippen molar-refractivity contribution in [3.05, 3.63) is 77.4 Å². The molecule has 1 aliphatic carbocycles. The summed E-state index contributed by atoms with van der Waals surface area (Å²) in [7, 11) is 0. The fraction of sp³-hybridized carbons (Fsp3) is 0.484. The smallest absolute Gasteiger partial charge is 0.119 e. The minimum Gasteiger partial charge on any atom is -0.494 e. The van der Waals surface area contributed by atoms with Crippen LogP contribution in [0.5, 0.6) is 5.75 Å². The van der Waals surface area contributed by atoms with Crippen molar-refractivity contribution in [2.75, 3.05) is 6.61 Å². The normalized spacial score (nSPS) is 18.3. The summed E-state index contributed by atoms with van der Waals surface area (Å²) < 4.78 is 5.85. The van der Waals surface area contributed by atoms with E-state index in [1.54, 1.807) is 0 Å². The Labute approximate surface area is 196 Å². The number of unbranched alkanes of at least 4 members (excludes halogenated alkanes) is 3. The zero-order valence-corrected chi connectivity index (χ0v) is 20.1. The van der Waals surface area contributed by atoms with E-state index in [0.717, 1.165) is 24.3 Å². The summed E-state index contributed by atoms with van der Waals surface area (Å²) in [6, 6.07) is 17.6. The molecule has 0 radical (unpaired) electrons. The van der Waals surface area contributed by atoms with Crippen LogP contribution in [0, 0.1) is 17.8 Å². The molecule has 1 saturated carbocycles. The van der Waals surface area contributed by atoms with Crippen LogP contribution in [-0.2, 0) is 6.42 Å². The second-order valence-corrected chi connectivity index (χ2v) is 9.17. The molecule has 0 spiro atoms. The van der Waals surface area contributed by atoms with E-state index >= 15 is 0 Å². The largest absolute Gasteiger partial charge is 0.494 e. The van der Waals surface area contributed by atoms with Crippen molar-refractivity contribution in [2.24, 2.45) is 5.92 Å². The van der Waals surface area contributed by atoms with E-state index in [1.807, 2.05) is 0 Å². The lowest BCUT2D eigenvalue weighted by Crippen LogP contribution is -2.11. The van der Waals surface area contributed by atoms with Crippen molar-refractivity contribution in [3.8, 4) is 17.6 Å². The summed E-state index contributed by atoms with van der Waals surface area (Å²) in [5.74, 6) is 8.88. The minimum atomic E-state index is 0.665. The van der Waals surface area contributed by atoms with Crippen LogP contribution in [0.15, 0.2) is 60.7 Å². The van der Waals surface area contributed by atoms with E-state index in [-0.39, 0.29) is 0 Å². The molecular weight excluding hydrogens is 388 g/mol. The maximum atomic E-state index is 5.85. The third-order valence-corrected chi connectivity index (χ3v) is 6.58. The van der Waals surface area contributed by atoms with Crippen molar-refractivity contribution in [1.29, 1.82) is 0 Å². The quantitative estimate of drug-likeness (QED) is 0.272. The summed E-state index contributed by atoms with van der Waals surface area (Å²) in [6.45, 7) is 5.29. The van der Waals surface area contributed by atoms with Crippen LogP contribution in [0.4, 0.5) is 0 Å². The molecule has 0 bridgehead atoms.